The van der Waals surface area contributed by atoms with Gasteiger partial charge in [0.25, 0.3) is 0 Å². The molecule has 1 aromatic carbocycles. The van der Waals surface area contributed by atoms with E-state index in [-0.39, 0.29) is 10.2 Å². The average Bonchev–Trinajstić information content (AvgIpc) is 2.47. The van der Waals surface area contributed by atoms with Crippen LogP contribution in [-0.2, 0) is 13.1 Å². The van der Waals surface area contributed by atoms with Crippen molar-refractivity contribution in [1.82, 2.24) is 9.97 Å². The second kappa shape index (κ2) is 6.43. The number of nitrogens with zero attached hydrogens (tertiary/aromatic N) is 2. The molecule has 2 aromatic heterocycles. The SMILES string of the molecule is C[S][Cu]([F])([F])[F].c1cnc2c(c1)ccc1cccnc12. The topological polar surface area (TPSA) is 25.8 Å². The first-order valence-corrected chi connectivity index (χ1v) is 8.69. The molecule has 0 aliphatic rings. The third-order valence-electron chi connectivity index (χ3n) is 2.48. The van der Waals surface area contributed by atoms with Crippen molar-refractivity contribution in [2.24, 2.45) is 0 Å². The largest absolute Gasteiger partial charge is 0.254 e. The van der Waals surface area contributed by atoms with E-state index in [0.717, 1.165) is 28.1 Å². The maximum absolute atomic E-state index is 10.8. The quantitative estimate of drug-likeness (QED) is 0.464. The van der Waals surface area contributed by atoms with Crippen molar-refractivity contribution in [1.29, 1.82) is 0 Å². The summed E-state index contributed by atoms with van der Waals surface area (Å²) in [4.78, 5) is 8.69. The van der Waals surface area contributed by atoms with E-state index in [2.05, 4.69) is 34.2 Å². The van der Waals surface area contributed by atoms with Gasteiger partial charge in [-0.1, -0.05) is 24.3 Å². The molecule has 0 unspecified atom stereocenters. The normalized spacial score (nSPS) is 12.0. The first-order chi connectivity index (χ1) is 9.51. The van der Waals surface area contributed by atoms with Gasteiger partial charge >= 0.3 is 40.2 Å². The number of halogens is 3. The molecule has 0 aliphatic carbocycles. The van der Waals surface area contributed by atoms with Crippen LogP contribution < -0.4 is 0 Å². The van der Waals surface area contributed by atoms with Gasteiger partial charge < -0.3 is 0 Å². The second-order valence-corrected chi connectivity index (χ2v) is 7.00. The van der Waals surface area contributed by atoms with E-state index in [1.807, 2.05) is 12.1 Å². The van der Waals surface area contributed by atoms with Gasteiger partial charge in [0.05, 0.1) is 11.0 Å². The zero-order valence-corrected chi connectivity index (χ0v) is 12.1. The zero-order valence-electron chi connectivity index (χ0n) is 10.4. The monoisotopic (exact) mass is 347 g/mol. The minimum atomic E-state index is -4.70. The van der Waals surface area contributed by atoms with Gasteiger partial charge in [0.15, 0.2) is 0 Å². The molecule has 0 aliphatic heterocycles. The summed E-state index contributed by atoms with van der Waals surface area (Å²) < 4.78 is 32.5. The van der Waals surface area contributed by atoms with E-state index in [1.165, 1.54) is 0 Å². The van der Waals surface area contributed by atoms with Crippen LogP contribution in [0.15, 0.2) is 48.8 Å². The van der Waals surface area contributed by atoms with Crippen LogP contribution in [0.1, 0.15) is 0 Å². The summed E-state index contributed by atoms with van der Waals surface area (Å²) >= 11 is -4.70. The summed E-state index contributed by atoms with van der Waals surface area (Å²) in [5.74, 6) is 0. The van der Waals surface area contributed by atoms with Crippen molar-refractivity contribution in [2.45, 2.75) is 0 Å². The summed E-state index contributed by atoms with van der Waals surface area (Å²) in [5, 5.41) is 2.28. The Labute approximate surface area is 121 Å². The molecule has 0 saturated heterocycles. The van der Waals surface area contributed by atoms with Crippen LogP contribution in [0.2, 0.25) is 0 Å². The Morgan fingerprint density at radius 2 is 1.25 bits per heavy atom. The molecule has 0 amide bonds. The Morgan fingerprint density at radius 3 is 1.60 bits per heavy atom. The molecule has 3 aromatic rings. The molecule has 0 radical (unpaired) electrons. The van der Waals surface area contributed by atoms with Crippen molar-refractivity contribution >= 4 is 32.0 Å². The van der Waals surface area contributed by atoms with Gasteiger partial charge in [0.1, 0.15) is 0 Å². The summed E-state index contributed by atoms with van der Waals surface area (Å²) in [7, 11) is -0.0399. The number of hydrogen-bond acceptors (Lipinski definition) is 3. The van der Waals surface area contributed by atoms with Crippen molar-refractivity contribution in [3.8, 4) is 0 Å². The summed E-state index contributed by atoms with van der Waals surface area (Å²) in [6, 6.07) is 12.1. The van der Waals surface area contributed by atoms with Crippen LogP contribution in [0.4, 0.5) is 10.7 Å². The van der Waals surface area contributed by atoms with E-state index in [9.17, 15) is 10.7 Å². The molecular weight excluding hydrogens is 337 g/mol. The smallest absolute Gasteiger partial charge is 0.0964 e. The third kappa shape index (κ3) is 3.85. The van der Waals surface area contributed by atoms with E-state index in [4.69, 9.17) is 0 Å². The molecule has 0 fully saturated rings. The van der Waals surface area contributed by atoms with Crippen molar-refractivity contribution in [3.63, 3.8) is 0 Å². The molecule has 3 rings (SSSR count). The summed E-state index contributed by atoms with van der Waals surface area (Å²) in [6.45, 7) is 0. The van der Waals surface area contributed by atoms with Gasteiger partial charge in [0.2, 0.25) is 0 Å². The van der Waals surface area contributed by atoms with Crippen molar-refractivity contribution in [2.75, 3.05) is 6.26 Å². The molecule has 0 saturated carbocycles. The Hall–Kier alpha value is -1.30. The zero-order chi connectivity index (χ0) is 14.6. The summed E-state index contributed by atoms with van der Waals surface area (Å²) in [6.07, 6.45) is 4.64. The molecule has 20 heavy (non-hydrogen) atoms. The van der Waals surface area contributed by atoms with Gasteiger partial charge in [-0.05, 0) is 12.1 Å². The van der Waals surface area contributed by atoms with E-state index < -0.39 is 13.1 Å². The third-order valence-corrected chi connectivity index (χ3v) is 4.07. The van der Waals surface area contributed by atoms with Crippen LogP contribution in [0, 0.1) is 0 Å². The van der Waals surface area contributed by atoms with Crippen LogP contribution >= 0.6 is 10.2 Å². The van der Waals surface area contributed by atoms with Crippen molar-refractivity contribution in [3.05, 3.63) is 48.8 Å². The van der Waals surface area contributed by atoms with Gasteiger partial charge in [-0.25, -0.2) is 0 Å². The Bertz CT molecular complexity index is 664. The Kier molecular flexibility index (Phi) is 4.86. The van der Waals surface area contributed by atoms with Gasteiger partial charge in [0, 0.05) is 23.2 Å². The molecule has 2 nitrogen and oxygen atoms in total. The maximum Gasteiger partial charge on any atom is 0.0964 e. The molecule has 2 heterocycles. The van der Waals surface area contributed by atoms with Crippen LogP contribution in [-0.4, -0.2) is 16.2 Å². The van der Waals surface area contributed by atoms with E-state index in [0.29, 0.717) is 0 Å². The van der Waals surface area contributed by atoms with Crippen LogP contribution in [0.5, 0.6) is 0 Å². The predicted molar refractivity (Wildman–Crippen MR) is 73.9 cm³/mol. The predicted octanol–water partition coefficient (Wildman–Crippen LogP) is 4.85. The van der Waals surface area contributed by atoms with Gasteiger partial charge in [-0.3, -0.25) is 9.97 Å². The summed E-state index contributed by atoms with van der Waals surface area (Å²) in [5.41, 5.74) is 1.95. The first-order valence-electron chi connectivity index (χ1n) is 5.41. The maximum atomic E-state index is 10.8. The second-order valence-electron chi connectivity index (χ2n) is 3.61. The first kappa shape index (κ1) is 15.1. The van der Waals surface area contributed by atoms with E-state index >= 15 is 0 Å². The van der Waals surface area contributed by atoms with Crippen molar-refractivity contribution < 1.29 is 23.7 Å². The van der Waals surface area contributed by atoms with Crippen LogP contribution in [0.25, 0.3) is 21.8 Å². The van der Waals surface area contributed by atoms with Crippen LogP contribution in [0.3, 0.4) is 0 Å². The number of fused-ring (bicyclic) bond motifs is 3. The molecular formula is C13H11CuF3N2S. The number of hydrogen-bond donors (Lipinski definition) is 0. The number of pyridine rings is 2. The minimum absolute atomic E-state index is 0.0399. The Morgan fingerprint density at radius 1 is 0.850 bits per heavy atom. The fourth-order valence-electron chi connectivity index (χ4n) is 1.68. The molecule has 7 heteroatoms. The van der Waals surface area contributed by atoms with E-state index in [1.54, 1.807) is 12.4 Å². The standard InChI is InChI=1S/C12H8N2.CH4S.Cu.3FH/c1-3-9-5-6-10-4-2-8-14-12(10)11(9)13-7-1;1-2;;;;/h1-8H;2H,1H3;;3*1H/q;;+4;;;/p-4. The number of rotatable bonds is 1. The molecule has 0 atom stereocenters. The number of aromatic nitrogens is 2. The Balaban J connectivity index is 0.000000212. The number of benzene rings is 1. The molecule has 111 valence electrons. The fourth-order valence-corrected chi connectivity index (χ4v) is 1.68. The minimum Gasteiger partial charge on any atom is -0.254 e. The molecule has 0 bridgehead atoms. The molecule has 0 N–H and O–H groups in total. The molecule has 0 spiro atoms. The fraction of sp³-hybridized carbons (Fsp3) is 0.0769. The average molecular weight is 348 g/mol. The van der Waals surface area contributed by atoms with Gasteiger partial charge in [-0.15, -0.1) is 0 Å². The van der Waals surface area contributed by atoms with Gasteiger partial charge in [-0.2, -0.15) is 0 Å².